The van der Waals surface area contributed by atoms with Crippen molar-refractivity contribution in [2.45, 2.75) is 12.5 Å². The molecule has 0 bridgehead atoms. The van der Waals surface area contributed by atoms with Crippen LogP contribution in [0.15, 0.2) is 42.6 Å². The van der Waals surface area contributed by atoms with Crippen molar-refractivity contribution in [1.82, 2.24) is 15.5 Å². The number of aromatic nitrogens is 2. The second kappa shape index (κ2) is 8.28. The molecule has 0 radical (unpaired) electrons. The van der Waals surface area contributed by atoms with E-state index in [4.69, 9.17) is 14.2 Å². The van der Waals surface area contributed by atoms with Crippen LogP contribution in [0.1, 0.15) is 5.56 Å². The van der Waals surface area contributed by atoms with E-state index in [0.717, 1.165) is 41.1 Å². The van der Waals surface area contributed by atoms with Gasteiger partial charge in [0.25, 0.3) is 0 Å². The average Bonchev–Trinajstić information content (AvgIpc) is 3.19. The van der Waals surface area contributed by atoms with Crippen molar-refractivity contribution in [3.05, 3.63) is 48.2 Å². The molecule has 1 aliphatic rings. The van der Waals surface area contributed by atoms with Crippen molar-refractivity contribution in [2.75, 3.05) is 32.9 Å². The van der Waals surface area contributed by atoms with Crippen LogP contribution in [0.5, 0.6) is 17.2 Å². The van der Waals surface area contributed by atoms with Crippen LogP contribution in [0, 0.1) is 0 Å². The van der Waals surface area contributed by atoms with Gasteiger partial charge in [0.15, 0.2) is 11.5 Å². The zero-order chi connectivity index (χ0) is 18.5. The summed E-state index contributed by atoms with van der Waals surface area (Å²) in [6.07, 6.45) is 1.98. The van der Waals surface area contributed by atoms with Gasteiger partial charge >= 0.3 is 0 Å². The Morgan fingerprint density at radius 1 is 1.19 bits per heavy atom. The van der Waals surface area contributed by atoms with E-state index in [1.165, 1.54) is 5.56 Å². The maximum atomic E-state index is 10.1. The minimum Gasteiger partial charge on any atom is -0.490 e. The number of nitrogens with zero attached hydrogens (tertiary/aromatic N) is 1. The quantitative estimate of drug-likeness (QED) is 0.526. The van der Waals surface area contributed by atoms with E-state index in [-0.39, 0.29) is 6.61 Å². The zero-order valence-electron chi connectivity index (χ0n) is 15.0. The third-order valence-corrected chi connectivity index (χ3v) is 4.45. The molecular formula is C20H23N3O4. The molecule has 7 heteroatoms. The lowest BCUT2D eigenvalue weighted by molar-refractivity contribution is 0.107. The van der Waals surface area contributed by atoms with Crippen molar-refractivity contribution in [3.63, 3.8) is 0 Å². The van der Waals surface area contributed by atoms with Crippen LogP contribution >= 0.6 is 0 Å². The molecule has 3 N–H and O–H groups in total. The van der Waals surface area contributed by atoms with E-state index < -0.39 is 6.10 Å². The number of rotatable bonds is 8. The van der Waals surface area contributed by atoms with Crippen molar-refractivity contribution < 1.29 is 19.3 Å². The molecule has 0 amide bonds. The summed E-state index contributed by atoms with van der Waals surface area (Å²) in [7, 11) is 0. The molecule has 1 unspecified atom stereocenters. The standard InChI is InChI=1S/C20H23N3O4/c24-15(13-27-18-3-1-2-17-16(18)12-22-23-17)11-21-7-6-14-4-5-19-20(10-14)26-9-8-25-19/h1-5,10,12,15,21,24H,6-9,11,13H2,(H,22,23). The Morgan fingerprint density at radius 2 is 2.07 bits per heavy atom. The van der Waals surface area contributed by atoms with Gasteiger partial charge in [-0.3, -0.25) is 5.10 Å². The summed E-state index contributed by atoms with van der Waals surface area (Å²) in [4.78, 5) is 0. The second-order valence-electron chi connectivity index (χ2n) is 6.48. The van der Waals surface area contributed by atoms with Crippen LogP contribution in [-0.2, 0) is 6.42 Å². The van der Waals surface area contributed by atoms with E-state index in [2.05, 4.69) is 15.5 Å². The van der Waals surface area contributed by atoms with Gasteiger partial charge in [-0.05, 0) is 42.8 Å². The summed E-state index contributed by atoms with van der Waals surface area (Å²) in [5.41, 5.74) is 2.09. The highest BCUT2D eigenvalue weighted by molar-refractivity contribution is 5.84. The average molecular weight is 369 g/mol. The topological polar surface area (TPSA) is 88.6 Å². The van der Waals surface area contributed by atoms with Crippen molar-refractivity contribution in [2.24, 2.45) is 0 Å². The molecule has 3 aromatic rings. The molecular weight excluding hydrogens is 346 g/mol. The maximum absolute atomic E-state index is 10.1. The minimum absolute atomic E-state index is 0.224. The van der Waals surface area contributed by atoms with Crippen LogP contribution in [0.3, 0.4) is 0 Å². The predicted octanol–water partition coefficient (Wildman–Crippen LogP) is 1.91. The lowest BCUT2D eigenvalue weighted by Crippen LogP contribution is -2.32. The normalized spacial score (nSPS) is 14.3. The maximum Gasteiger partial charge on any atom is 0.161 e. The van der Waals surface area contributed by atoms with Gasteiger partial charge in [-0.15, -0.1) is 0 Å². The van der Waals surface area contributed by atoms with Gasteiger partial charge < -0.3 is 24.6 Å². The number of aromatic amines is 1. The molecule has 0 saturated carbocycles. The third kappa shape index (κ3) is 4.32. The molecule has 1 atom stereocenters. The first-order valence-electron chi connectivity index (χ1n) is 9.12. The van der Waals surface area contributed by atoms with E-state index in [1.54, 1.807) is 6.20 Å². The second-order valence-corrected chi connectivity index (χ2v) is 6.48. The number of H-pyrrole nitrogens is 1. The number of aliphatic hydroxyl groups excluding tert-OH is 1. The van der Waals surface area contributed by atoms with Gasteiger partial charge in [0.1, 0.15) is 31.7 Å². The van der Waals surface area contributed by atoms with E-state index in [9.17, 15) is 5.11 Å². The van der Waals surface area contributed by atoms with Gasteiger partial charge in [0.2, 0.25) is 0 Å². The number of hydrogen-bond donors (Lipinski definition) is 3. The Kier molecular flexibility index (Phi) is 5.41. The largest absolute Gasteiger partial charge is 0.490 e. The highest BCUT2D eigenvalue weighted by Gasteiger charge is 2.12. The van der Waals surface area contributed by atoms with Gasteiger partial charge in [0.05, 0.1) is 17.1 Å². The highest BCUT2D eigenvalue weighted by atomic mass is 16.6. The van der Waals surface area contributed by atoms with Gasteiger partial charge in [-0.25, -0.2) is 0 Å². The fourth-order valence-electron chi connectivity index (χ4n) is 3.06. The van der Waals surface area contributed by atoms with Gasteiger partial charge in [-0.1, -0.05) is 12.1 Å². The molecule has 0 fully saturated rings. The molecule has 4 rings (SSSR count). The lowest BCUT2D eigenvalue weighted by atomic mass is 10.1. The predicted molar refractivity (Wildman–Crippen MR) is 102 cm³/mol. The van der Waals surface area contributed by atoms with Crippen molar-refractivity contribution in [3.8, 4) is 17.2 Å². The number of fused-ring (bicyclic) bond motifs is 2. The molecule has 2 heterocycles. The van der Waals surface area contributed by atoms with E-state index in [1.807, 2.05) is 36.4 Å². The Hall–Kier alpha value is -2.77. The van der Waals surface area contributed by atoms with E-state index >= 15 is 0 Å². The summed E-state index contributed by atoms with van der Waals surface area (Å²) >= 11 is 0. The Morgan fingerprint density at radius 3 is 3.00 bits per heavy atom. The van der Waals surface area contributed by atoms with Crippen molar-refractivity contribution in [1.29, 1.82) is 0 Å². The molecule has 0 saturated heterocycles. The fourth-order valence-corrected chi connectivity index (χ4v) is 3.06. The smallest absolute Gasteiger partial charge is 0.161 e. The number of hydrogen-bond acceptors (Lipinski definition) is 6. The third-order valence-electron chi connectivity index (χ3n) is 4.45. The number of nitrogens with one attached hydrogen (secondary N) is 2. The number of ether oxygens (including phenoxy) is 3. The minimum atomic E-state index is -0.590. The molecule has 142 valence electrons. The van der Waals surface area contributed by atoms with Crippen LogP contribution in [0.4, 0.5) is 0 Å². The first kappa shape index (κ1) is 17.6. The summed E-state index contributed by atoms with van der Waals surface area (Å²) in [5, 5.41) is 21.2. The SMILES string of the molecule is OC(CNCCc1ccc2c(c1)OCCO2)COc1cccc2[nH]ncc12. The first-order chi connectivity index (χ1) is 13.3. The monoisotopic (exact) mass is 369 g/mol. The lowest BCUT2D eigenvalue weighted by Gasteiger charge is -2.19. The summed E-state index contributed by atoms with van der Waals surface area (Å²) in [6, 6.07) is 11.7. The highest BCUT2D eigenvalue weighted by Crippen LogP contribution is 2.30. The van der Waals surface area contributed by atoms with E-state index in [0.29, 0.717) is 19.8 Å². The molecule has 2 aromatic carbocycles. The summed E-state index contributed by atoms with van der Waals surface area (Å²) < 4.78 is 16.9. The molecule has 1 aromatic heterocycles. The molecule has 0 aliphatic carbocycles. The first-order valence-corrected chi connectivity index (χ1v) is 9.12. The summed E-state index contributed by atoms with van der Waals surface area (Å²) in [5.74, 6) is 2.33. The van der Waals surface area contributed by atoms with Gasteiger partial charge in [-0.2, -0.15) is 5.10 Å². The van der Waals surface area contributed by atoms with Crippen molar-refractivity contribution >= 4 is 10.9 Å². The summed E-state index contributed by atoms with van der Waals surface area (Å²) in [6.45, 7) is 2.64. The van der Waals surface area contributed by atoms with Crippen LogP contribution < -0.4 is 19.5 Å². The Bertz CT molecular complexity index is 896. The van der Waals surface area contributed by atoms with Gasteiger partial charge in [0, 0.05) is 6.54 Å². The number of aliphatic hydroxyl groups is 1. The zero-order valence-corrected chi connectivity index (χ0v) is 15.0. The van der Waals surface area contributed by atoms with Crippen LogP contribution in [-0.4, -0.2) is 54.3 Å². The molecule has 27 heavy (non-hydrogen) atoms. The Labute approximate surface area is 157 Å². The van der Waals surface area contributed by atoms with Crippen LogP contribution in [0.2, 0.25) is 0 Å². The fraction of sp³-hybridized carbons (Fsp3) is 0.350. The molecule has 0 spiro atoms. The molecule has 7 nitrogen and oxygen atoms in total. The Balaban J connectivity index is 1.20. The molecule has 1 aliphatic heterocycles. The number of benzene rings is 2. The van der Waals surface area contributed by atoms with Crippen LogP contribution in [0.25, 0.3) is 10.9 Å².